The molecule has 1 aromatic carbocycles. The molecule has 0 bridgehead atoms. The number of hydrogen-bond acceptors (Lipinski definition) is 5. The number of fused-ring (bicyclic) bond motifs is 1. The highest BCUT2D eigenvalue weighted by atomic mass is 35.5. The van der Waals surface area contributed by atoms with Crippen molar-refractivity contribution in [1.82, 2.24) is 9.97 Å². The molecule has 0 atom stereocenters. The molecule has 2 N–H and O–H groups in total. The van der Waals surface area contributed by atoms with Gasteiger partial charge in [0.15, 0.2) is 5.82 Å². The fourth-order valence-electron chi connectivity index (χ4n) is 1.69. The number of para-hydroxylation sites is 1. The Morgan fingerprint density at radius 3 is 2.89 bits per heavy atom. The lowest BCUT2D eigenvalue weighted by Gasteiger charge is -2.07. The van der Waals surface area contributed by atoms with Crippen molar-refractivity contribution >= 4 is 39.0 Å². The lowest BCUT2D eigenvalue weighted by molar-refractivity contribution is 0.297. The van der Waals surface area contributed by atoms with Gasteiger partial charge in [0.25, 0.3) is 0 Å². The molecule has 4 nitrogen and oxygen atoms in total. The van der Waals surface area contributed by atoms with Crippen LogP contribution in [0.2, 0.25) is 5.02 Å². The molecule has 3 aromatic rings. The molecular weight excluding hydrogens is 282 g/mol. The van der Waals surface area contributed by atoms with E-state index >= 15 is 0 Å². The van der Waals surface area contributed by atoms with Gasteiger partial charge < -0.3 is 10.5 Å². The summed E-state index contributed by atoms with van der Waals surface area (Å²) in [6, 6.07) is 9.19. The molecule has 0 fully saturated rings. The number of aromatic nitrogens is 2. The summed E-state index contributed by atoms with van der Waals surface area (Å²) in [5.41, 5.74) is 5.87. The third kappa shape index (κ3) is 2.47. The van der Waals surface area contributed by atoms with Gasteiger partial charge in [-0.3, -0.25) is 0 Å². The van der Waals surface area contributed by atoms with Crippen LogP contribution in [0.4, 0.5) is 5.82 Å². The molecule has 0 unspecified atom stereocenters. The number of nitrogens with two attached hydrogens (primary N) is 1. The maximum Gasteiger partial charge on any atom is 0.169 e. The molecule has 0 saturated heterocycles. The van der Waals surface area contributed by atoms with Crippen LogP contribution in [0.25, 0.3) is 10.2 Å². The van der Waals surface area contributed by atoms with E-state index in [1.54, 1.807) is 12.1 Å². The monoisotopic (exact) mass is 291 g/mol. The molecule has 6 heteroatoms. The van der Waals surface area contributed by atoms with Gasteiger partial charge in [0.1, 0.15) is 23.0 Å². The first-order valence-electron chi connectivity index (χ1n) is 5.61. The Kier molecular flexibility index (Phi) is 3.23. The Hall–Kier alpha value is -1.85. The number of anilines is 1. The van der Waals surface area contributed by atoms with E-state index in [0.29, 0.717) is 22.4 Å². The van der Waals surface area contributed by atoms with Crippen LogP contribution in [0, 0.1) is 0 Å². The first-order valence-corrected chi connectivity index (χ1v) is 6.87. The van der Waals surface area contributed by atoms with Crippen LogP contribution in [0.1, 0.15) is 5.82 Å². The standard InChI is InChI=1S/C13H10ClN3OS/c14-9-3-1-2-4-10(9)18-7-11-16-12(15)8-5-6-19-13(8)17-11/h1-6H,7H2,(H2,15,16,17). The number of benzene rings is 1. The van der Waals surface area contributed by atoms with Crippen LogP contribution in [-0.4, -0.2) is 9.97 Å². The zero-order valence-electron chi connectivity index (χ0n) is 9.84. The molecule has 0 aliphatic heterocycles. The van der Waals surface area contributed by atoms with Crippen molar-refractivity contribution in [2.45, 2.75) is 6.61 Å². The molecule has 2 aromatic heterocycles. The molecule has 0 spiro atoms. The fourth-order valence-corrected chi connectivity index (χ4v) is 2.67. The van der Waals surface area contributed by atoms with Gasteiger partial charge in [0.2, 0.25) is 0 Å². The van der Waals surface area contributed by atoms with E-state index in [1.165, 1.54) is 11.3 Å². The van der Waals surface area contributed by atoms with Crippen LogP contribution in [0.5, 0.6) is 5.75 Å². The molecule has 0 saturated carbocycles. The van der Waals surface area contributed by atoms with Gasteiger partial charge in [0, 0.05) is 0 Å². The van der Waals surface area contributed by atoms with E-state index in [4.69, 9.17) is 22.1 Å². The second-order valence-corrected chi connectivity index (χ2v) is 5.19. The Morgan fingerprint density at radius 1 is 1.21 bits per heavy atom. The predicted molar refractivity (Wildman–Crippen MR) is 77.6 cm³/mol. The molecule has 0 aliphatic rings. The van der Waals surface area contributed by atoms with Crippen molar-refractivity contribution in [3.05, 3.63) is 46.6 Å². The van der Waals surface area contributed by atoms with E-state index < -0.39 is 0 Å². The minimum absolute atomic E-state index is 0.238. The summed E-state index contributed by atoms with van der Waals surface area (Å²) >= 11 is 7.54. The van der Waals surface area contributed by atoms with Crippen molar-refractivity contribution in [2.75, 3.05) is 5.73 Å². The first kappa shape index (κ1) is 12.2. The van der Waals surface area contributed by atoms with E-state index in [2.05, 4.69) is 9.97 Å². The molecule has 3 rings (SSSR count). The minimum atomic E-state index is 0.238. The Balaban J connectivity index is 1.84. The average molecular weight is 292 g/mol. The molecule has 0 aliphatic carbocycles. The number of thiophene rings is 1. The van der Waals surface area contributed by atoms with Crippen LogP contribution in [0.3, 0.4) is 0 Å². The van der Waals surface area contributed by atoms with Gasteiger partial charge in [-0.05, 0) is 23.6 Å². The lowest BCUT2D eigenvalue weighted by atomic mass is 10.3. The second-order valence-electron chi connectivity index (χ2n) is 3.88. The summed E-state index contributed by atoms with van der Waals surface area (Å²) in [7, 11) is 0. The maximum atomic E-state index is 6.01. The van der Waals surface area contributed by atoms with Gasteiger partial charge in [-0.1, -0.05) is 23.7 Å². The summed E-state index contributed by atoms with van der Waals surface area (Å²) < 4.78 is 5.60. The Labute approximate surface area is 118 Å². The highest BCUT2D eigenvalue weighted by Crippen LogP contribution is 2.25. The van der Waals surface area contributed by atoms with E-state index in [-0.39, 0.29) is 6.61 Å². The third-order valence-electron chi connectivity index (χ3n) is 2.59. The number of halogens is 1. The van der Waals surface area contributed by atoms with Gasteiger partial charge >= 0.3 is 0 Å². The van der Waals surface area contributed by atoms with Crippen molar-refractivity contribution in [1.29, 1.82) is 0 Å². The van der Waals surface area contributed by atoms with Gasteiger partial charge in [-0.25, -0.2) is 9.97 Å². The SMILES string of the molecule is Nc1nc(COc2ccccc2Cl)nc2sccc12. The predicted octanol–water partition coefficient (Wildman–Crippen LogP) is 3.51. The highest BCUT2D eigenvalue weighted by Gasteiger charge is 2.07. The van der Waals surface area contributed by atoms with E-state index in [0.717, 1.165) is 10.2 Å². The number of nitrogens with zero attached hydrogens (tertiary/aromatic N) is 2. The average Bonchev–Trinajstić information content (AvgIpc) is 2.87. The molecular formula is C13H10ClN3OS. The van der Waals surface area contributed by atoms with Crippen molar-refractivity contribution < 1.29 is 4.74 Å². The van der Waals surface area contributed by atoms with Crippen LogP contribution in [-0.2, 0) is 6.61 Å². The number of nitrogen functional groups attached to an aromatic ring is 1. The zero-order valence-corrected chi connectivity index (χ0v) is 11.4. The van der Waals surface area contributed by atoms with Crippen molar-refractivity contribution in [3.63, 3.8) is 0 Å². The third-order valence-corrected chi connectivity index (χ3v) is 3.71. The number of ether oxygens (including phenoxy) is 1. The largest absolute Gasteiger partial charge is 0.484 e. The van der Waals surface area contributed by atoms with Crippen LogP contribution < -0.4 is 10.5 Å². The number of rotatable bonds is 3. The molecule has 2 heterocycles. The molecule has 0 amide bonds. The topological polar surface area (TPSA) is 61.0 Å². The Bertz CT molecular complexity index is 729. The first-order chi connectivity index (χ1) is 9.24. The second kappa shape index (κ2) is 5.03. The smallest absolute Gasteiger partial charge is 0.169 e. The zero-order chi connectivity index (χ0) is 13.2. The number of hydrogen-bond donors (Lipinski definition) is 1. The van der Waals surface area contributed by atoms with Gasteiger partial charge in [-0.2, -0.15) is 0 Å². The Morgan fingerprint density at radius 2 is 2.05 bits per heavy atom. The van der Waals surface area contributed by atoms with Gasteiger partial charge in [0.05, 0.1) is 10.4 Å². The summed E-state index contributed by atoms with van der Waals surface area (Å²) in [4.78, 5) is 9.49. The lowest BCUT2D eigenvalue weighted by Crippen LogP contribution is -2.04. The van der Waals surface area contributed by atoms with Crippen molar-refractivity contribution in [2.24, 2.45) is 0 Å². The fraction of sp³-hybridized carbons (Fsp3) is 0.0769. The maximum absolute atomic E-state index is 6.01. The minimum Gasteiger partial charge on any atom is -0.484 e. The molecule has 19 heavy (non-hydrogen) atoms. The van der Waals surface area contributed by atoms with Crippen molar-refractivity contribution in [3.8, 4) is 5.75 Å². The quantitative estimate of drug-likeness (QED) is 0.802. The van der Waals surface area contributed by atoms with Crippen LogP contribution >= 0.6 is 22.9 Å². The highest BCUT2D eigenvalue weighted by molar-refractivity contribution is 7.16. The van der Waals surface area contributed by atoms with E-state index in [9.17, 15) is 0 Å². The molecule has 0 radical (unpaired) electrons. The normalized spacial score (nSPS) is 10.8. The summed E-state index contributed by atoms with van der Waals surface area (Å²) in [6.45, 7) is 0.238. The summed E-state index contributed by atoms with van der Waals surface area (Å²) in [6.07, 6.45) is 0. The van der Waals surface area contributed by atoms with Gasteiger partial charge in [-0.15, -0.1) is 11.3 Å². The summed E-state index contributed by atoms with van der Waals surface area (Å²) in [5, 5.41) is 3.38. The van der Waals surface area contributed by atoms with E-state index in [1.807, 2.05) is 23.6 Å². The van der Waals surface area contributed by atoms with Crippen LogP contribution in [0.15, 0.2) is 35.7 Å². The summed E-state index contributed by atoms with van der Waals surface area (Å²) in [5.74, 6) is 1.63. The molecule has 96 valence electrons.